The first-order chi connectivity index (χ1) is 44.4. The van der Waals surface area contributed by atoms with Crippen LogP contribution in [0.4, 0.5) is 56.9 Å². The third-order valence-corrected chi connectivity index (χ3v) is 16.4. The Morgan fingerprint density at radius 3 is 1.20 bits per heavy atom. The minimum absolute atomic E-state index is 0.181. The number of carbonyl (C=O) groups excluding carboxylic acids is 4. The van der Waals surface area contributed by atoms with Gasteiger partial charge in [-0.15, -0.1) is 0 Å². The Morgan fingerprint density at radius 1 is 0.228 bits per heavy atom. The number of nitrogens with two attached hydrogens (primary N) is 10. The number of nitrogens with zero attached hydrogens (tertiary/aromatic N) is 4. The van der Waals surface area contributed by atoms with Crippen molar-refractivity contribution in [2.75, 3.05) is 57.3 Å². The Hall–Kier alpha value is -13.2. The molecule has 2 aliphatic carbocycles. The summed E-state index contributed by atoms with van der Waals surface area (Å²) in [6.45, 7) is 0. The van der Waals surface area contributed by atoms with E-state index in [1.165, 1.54) is 39.1 Å². The second-order valence-corrected chi connectivity index (χ2v) is 22.1. The lowest BCUT2D eigenvalue weighted by Gasteiger charge is -2.19. The van der Waals surface area contributed by atoms with Gasteiger partial charge in [0.15, 0.2) is 23.1 Å². The number of hydrogen-bond acceptors (Lipinski definition) is 18. The SMILES string of the molecule is Nc1cc2c(cc1N)C(=O)c1ccccc1C2=O.Nc1cc2nc3ccccc3nc2cc1N.Nc1ccc2c(c1N)C(=O)c1ccccc1C2=O.Nc1ccc2ccc3cc4c(ccc5ccccc54)cc3c2c1N.Nc1ccc2nc3ccccc3nc2c1N. The third-order valence-electron chi connectivity index (χ3n) is 16.4. The Morgan fingerprint density at radius 2 is 0.620 bits per heavy atom. The van der Waals surface area contributed by atoms with Crippen LogP contribution in [-0.4, -0.2) is 43.1 Å². The fraction of sp³-hybridized carbons (Fsp3) is 0. The first kappa shape index (κ1) is 57.8. The van der Waals surface area contributed by atoms with Crippen molar-refractivity contribution in [3.05, 3.63) is 263 Å². The first-order valence-corrected chi connectivity index (χ1v) is 28.9. The molecule has 2 aliphatic rings. The average Bonchev–Trinajstić information content (AvgIpc) is 0.779. The number of benzene rings is 13. The van der Waals surface area contributed by atoms with Gasteiger partial charge in [-0.25, -0.2) is 19.9 Å². The number of hydrogen-bond donors (Lipinski definition) is 10. The van der Waals surface area contributed by atoms with Gasteiger partial charge in [0, 0.05) is 44.3 Å². The molecule has 0 fully saturated rings. The maximum Gasteiger partial charge on any atom is 0.196 e. The van der Waals surface area contributed by atoms with Gasteiger partial charge in [0.1, 0.15) is 5.52 Å². The Labute approximate surface area is 524 Å². The van der Waals surface area contributed by atoms with Crippen LogP contribution in [0, 0.1) is 0 Å². The number of aromatic nitrogens is 4. The monoisotopic (exact) mass is 1200 g/mol. The molecule has 18 nitrogen and oxygen atoms in total. The van der Waals surface area contributed by atoms with Crippen LogP contribution in [0.3, 0.4) is 0 Å². The van der Waals surface area contributed by atoms with Crippen LogP contribution in [0.2, 0.25) is 0 Å². The van der Waals surface area contributed by atoms with Crippen molar-refractivity contribution in [1.29, 1.82) is 0 Å². The molecule has 92 heavy (non-hydrogen) atoms. The van der Waals surface area contributed by atoms with Crippen molar-refractivity contribution in [3.63, 3.8) is 0 Å². The van der Waals surface area contributed by atoms with E-state index in [9.17, 15) is 19.2 Å². The standard InChI is InChI=1S/C22H16N2.2C14H10N2O2.2C12H10N4/c23-20-10-9-14-6-8-16-11-18-15(12-19(16)21(14)22(20)24)7-5-13-3-1-2-4-17(13)18;15-11-5-9-10(6-12(11)16)14(18)8-4-2-1-3-7(8)13(9)17;15-10-6-5-9-11(12(10)16)14(18)8-4-2-1-3-7(8)13(9)17;13-7-5-11-12(6-8(7)14)16-10-4-2-1-3-9(10)15-11;13-7-5-6-10-12(11(7)14)16-9-4-2-1-3-8(9)15-10/h1-12H,23-24H2;2*1-6H,15-16H2;2*1-6H,13-14H2. The van der Waals surface area contributed by atoms with E-state index in [2.05, 4.69) is 80.6 Å². The summed E-state index contributed by atoms with van der Waals surface area (Å²) in [6, 6.07) is 67.5. The summed E-state index contributed by atoms with van der Waals surface area (Å²) < 4.78 is 0. The number of fused-ring (bicyclic) bond motifs is 14. The minimum atomic E-state index is -0.245. The molecular formula is C74H56N14O4. The van der Waals surface area contributed by atoms with Gasteiger partial charge in [-0.2, -0.15) is 0 Å². The maximum atomic E-state index is 12.3. The molecule has 17 rings (SSSR count). The van der Waals surface area contributed by atoms with Crippen LogP contribution in [0.25, 0.3) is 87.2 Å². The molecule has 18 heteroatoms. The predicted octanol–water partition coefficient (Wildman–Crippen LogP) is 12.6. The molecule has 20 N–H and O–H groups in total. The van der Waals surface area contributed by atoms with Crippen LogP contribution < -0.4 is 57.3 Å². The molecule has 0 aliphatic heterocycles. The lowest BCUT2D eigenvalue weighted by molar-refractivity contribution is 0.0979. The molecule has 0 saturated heterocycles. The summed E-state index contributed by atoms with van der Waals surface area (Å²) in [5, 5.41) is 9.52. The van der Waals surface area contributed by atoms with E-state index in [0.717, 1.165) is 54.8 Å². The summed E-state index contributed by atoms with van der Waals surface area (Å²) in [6.07, 6.45) is 0. The highest BCUT2D eigenvalue weighted by Gasteiger charge is 2.32. The molecule has 0 atom stereocenters. The van der Waals surface area contributed by atoms with E-state index in [1.807, 2.05) is 66.7 Å². The van der Waals surface area contributed by atoms with Crippen LogP contribution in [0.5, 0.6) is 0 Å². The predicted molar refractivity (Wildman–Crippen MR) is 374 cm³/mol. The normalized spacial score (nSPS) is 12.0. The number of carbonyl (C=O) groups is 4. The molecule has 0 spiro atoms. The molecule has 0 unspecified atom stereocenters. The van der Waals surface area contributed by atoms with E-state index in [1.54, 1.807) is 78.9 Å². The summed E-state index contributed by atoms with van der Waals surface area (Å²) >= 11 is 0. The highest BCUT2D eigenvalue weighted by Crippen LogP contribution is 2.39. The van der Waals surface area contributed by atoms with Crippen molar-refractivity contribution in [3.8, 4) is 0 Å². The molecule has 2 aromatic heterocycles. The van der Waals surface area contributed by atoms with Gasteiger partial charge >= 0.3 is 0 Å². The fourth-order valence-electron chi connectivity index (χ4n) is 11.5. The molecule has 0 saturated carbocycles. The Bertz CT molecular complexity index is 5490. The maximum absolute atomic E-state index is 12.3. The number of nitrogen functional groups attached to an aromatic ring is 10. The number of rotatable bonds is 0. The van der Waals surface area contributed by atoms with E-state index in [-0.39, 0.29) is 34.4 Å². The summed E-state index contributed by atoms with van der Waals surface area (Å²) in [5.74, 6) is -0.810. The second-order valence-electron chi connectivity index (χ2n) is 22.1. The largest absolute Gasteiger partial charge is 0.397 e. The fourth-order valence-corrected chi connectivity index (χ4v) is 11.5. The smallest absolute Gasteiger partial charge is 0.196 e. The van der Waals surface area contributed by atoms with Crippen LogP contribution in [0.15, 0.2) is 218 Å². The number of para-hydroxylation sites is 4. The number of ketones is 4. The van der Waals surface area contributed by atoms with Gasteiger partial charge in [0.25, 0.3) is 0 Å². The first-order valence-electron chi connectivity index (χ1n) is 28.9. The molecule has 2 heterocycles. The van der Waals surface area contributed by atoms with Crippen molar-refractivity contribution in [2.24, 2.45) is 0 Å². The molecule has 15 aromatic rings. The number of anilines is 10. The second kappa shape index (κ2) is 23.1. The summed E-state index contributed by atoms with van der Waals surface area (Å²) in [4.78, 5) is 67.1. The summed E-state index contributed by atoms with van der Waals surface area (Å²) in [7, 11) is 0. The highest BCUT2D eigenvalue weighted by atomic mass is 16.1. The third kappa shape index (κ3) is 10.3. The Balaban J connectivity index is 0.000000106. The zero-order chi connectivity index (χ0) is 64.2. The molecular weight excluding hydrogens is 1150 g/mol. The van der Waals surface area contributed by atoms with Gasteiger partial charge in [-0.3, -0.25) is 19.2 Å². The van der Waals surface area contributed by atoms with Crippen LogP contribution >= 0.6 is 0 Å². The molecule has 13 aromatic carbocycles. The van der Waals surface area contributed by atoms with Crippen LogP contribution in [-0.2, 0) is 0 Å². The van der Waals surface area contributed by atoms with Gasteiger partial charge < -0.3 is 57.3 Å². The van der Waals surface area contributed by atoms with Crippen molar-refractivity contribution >= 4 is 167 Å². The molecule has 0 bridgehead atoms. The lowest BCUT2D eigenvalue weighted by atomic mass is 9.83. The quantitative estimate of drug-likeness (QED) is 0.0383. The molecule has 446 valence electrons. The van der Waals surface area contributed by atoms with Crippen molar-refractivity contribution in [1.82, 2.24) is 19.9 Å². The van der Waals surface area contributed by atoms with Crippen LogP contribution in [0.1, 0.15) is 63.7 Å². The van der Waals surface area contributed by atoms with Gasteiger partial charge in [0.2, 0.25) is 0 Å². The zero-order valence-corrected chi connectivity index (χ0v) is 49.0. The average molecular weight is 1210 g/mol. The van der Waals surface area contributed by atoms with Gasteiger partial charge in [0.05, 0.1) is 101 Å². The highest BCUT2D eigenvalue weighted by molar-refractivity contribution is 6.31. The zero-order valence-electron chi connectivity index (χ0n) is 49.0. The van der Waals surface area contributed by atoms with Gasteiger partial charge in [-0.1, -0.05) is 127 Å². The molecule has 0 amide bonds. The van der Waals surface area contributed by atoms with Crippen molar-refractivity contribution < 1.29 is 19.2 Å². The minimum Gasteiger partial charge on any atom is -0.397 e. The van der Waals surface area contributed by atoms with Gasteiger partial charge in [-0.05, 0) is 129 Å². The van der Waals surface area contributed by atoms with E-state index in [4.69, 9.17) is 57.3 Å². The van der Waals surface area contributed by atoms with E-state index < -0.39 is 0 Å². The van der Waals surface area contributed by atoms with E-state index >= 15 is 0 Å². The molecule has 0 radical (unpaired) electrons. The topological polar surface area (TPSA) is 380 Å². The summed E-state index contributed by atoms with van der Waals surface area (Å²) in [5.41, 5.74) is 72.0. The Kier molecular flexibility index (Phi) is 14.5. The van der Waals surface area contributed by atoms with E-state index in [0.29, 0.717) is 95.6 Å². The lowest BCUT2D eigenvalue weighted by Crippen LogP contribution is -2.22. The van der Waals surface area contributed by atoms with Crippen molar-refractivity contribution in [2.45, 2.75) is 0 Å².